The summed E-state index contributed by atoms with van der Waals surface area (Å²) in [6.45, 7) is 3.26. The highest BCUT2D eigenvalue weighted by Gasteiger charge is 2.26. The standard InChI is InChI=1S/C14H20ClN3O3/c1-9-5-18(6-11(8-19)21-9)7-14(20)17-13-4-10(16)2-3-12(13)15/h2-4,9,11,19H,5-8,16H2,1H3,(H,17,20). The van der Waals surface area contributed by atoms with Crippen molar-refractivity contribution in [2.45, 2.75) is 19.1 Å². The fourth-order valence-corrected chi connectivity index (χ4v) is 2.57. The number of aliphatic hydroxyl groups is 1. The molecule has 2 atom stereocenters. The van der Waals surface area contributed by atoms with E-state index < -0.39 is 0 Å². The number of benzene rings is 1. The third-order valence-corrected chi connectivity index (χ3v) is 3.57. The molecule has 1 aliphatic heterocycles. The van der Waals surface area contributed by atoms with Crippen LogP contribution in [-0.2, 0) is 9.53 Å². The number of carbonyl (C=O) groups is 1. The van der Waals surface area contributed by atoms with Crippen molar-refractivity contribution in [3.63, 3.8) is 0 Å². The van der Waals surface area contributed by atoms with Crippen LogP contribution in [0, 0.1) is 0 Å². The number of rotatable bonds is 4. The molecule has 2 unspecified atom stereocenters. The molecule has 1 saturated heterocycles. The van der Waals surface area contributed by atoms with Gasteiger partial charge < -0.3 is 20.9 Å². The predicted octanol–water partition coefficient (Wildman–Crippen LogP) is 0.942. The minimum Gasteiger partial charge on any atom is -0.399 e. The normalized spacial score (nSPS) is 23.0. The number of amides is 1. The van der Waals surface area contributed by atoms with E-state index in [2.05, 4.69) is 5.32 Å². The fraction of sp³-hybridized carbons (Fsp3) is 0.500. The van der Waals surface area contributed by atoms with Crippen molar-refractivity contribution in [1.29, 1.82) is 0 Å². The lowest BCUT2D eigenvalue weighted by molar-refractivity contribution is -0.124. The average molecular weight is 314 g/mol. The van der Waals surface area contributed by atoms with Crippen LogP contribution in [0.15, 0.2) is 18.2 Å². The van der Waals surface area contributed by atoms with Crippen LogP contribution in [0.5, 0.6) is 0 Å². The van der Waals surface area contributed by atoms with Gasteiger partial charge in [0, 0.05) is 18.8 Å². The molecule has 0 spiro atoms. The zero-order valence-electron chi connectivity index (χ0n) is 11.9. The quantitative estimate of drug-likeness (QED) is 0.720. The SMILES string of the molecule is CC1CN(CC(=O)Nc2cc(N)ccc2Cl)CC(CO)O1. The molecule has 1 fully saturated rings. The van der Waals surface area contributed by atoms with Gasteiger partial charge in [0.2, 0.25) is 5.91 Å². The van der Waals surface area contributed by atoms with Gasteiger partial charge in [-0.05, 0) is 25.1 Å². The molecule has 1 aromatic rings. The molecule has 0 aliphatic carbocycles. The van der Waals surface area contributed by atoms with Crippen molar-refractivity contribution in [2.75, 3.05) is 37.3 Å². The molecule has 1 aliphatic rings. The van der Waals surface area contributed by atoms with Crippen LogP contribution in [-0.4, -0.2) is 54.4 Å². The van der Waals surface area contributed by atoms with Crippen LogP contribution < -0.4 is 11.1 Å². The maximum atomic E-state index is 12.1. The second-order valence-corrected chi connectivity index (χ2v) is 5.64. The first-order valence-corrected chi connectivity index (χ1v) is 7.19. The Labute approximate surface area is 128 Å². The highest BCUT2D eigenvalue weighted by Crippen LogP contribution is 2.24. The maximum absolute atomic E-state index is 12.1. The Bertz CT molecular complexity index is 512. The Morgan fingerprint density at radius 3 is 3.05 bits per heavy atom. The van der Waals surface area contributed by atoms with Gasteiger partial charge in [-0.3, -0.25) is 9.69 Å². The maximum Gasteiger partial charge on any atom is 0.238 e. The fourth-order valence-electron chi connectivity index (χ4n) is 2.40. The monoisotopic (exact) mass is 313 g/mol. The number of nitrogen functional groups attached to an aromatic ring is 1. The number of anilines is 2. The van der Waals surface area contributed by atoms with E-state index in [0.717, 1.165) is 0 Å². The minimum absolute atomic E-state index is 0.0142. The third kappa shape index (κ3) is 4.57. The minimum atomic E-state index is -0.252. The number of nitrogens with two attached hydrogens (primary N) is 1. The number of ether oxygens (including phenoxy) is 1. The number of morpholine rings is 1. The Morgan fingerprint density at radius 1 is 1.57 bits per heavy atom. The van der Waals surface area contributed by atoms with Gasteiger partial charge in [-0.2, -0.15) is 0 Å². The summed E-state index contributed by atoms with van der Waals surface area (Å²) in [7, 11) is 0. The van der Waals surface area contributed by atoms with Crippen LogP contribution >= 0.6 is 11.6 Å². The highest BCUT2D eigenvalue weighted by atomic mass is 35.5. The topological polar surface area (TPSA) is 87.8 Å². The van der Waals surface area contributed by atoms with Gasteiger partial charge in [0.05, 0.1) is 36.1 Å². The molecule has 0 bridgehead atoms. The second kappa shape index (κ2) is 7.09. The molecule has 21 heavy (non-hydrogen) atoms. The summed E-state index contributed by atoms with van der Waals surface area (Å²) < 4.78 is 5.54. The van der Waals surface area contributed by atoms with E-state index in [0.29, 0.717) is 29.5 Å². The summed E-state index contributed by atoms with van der Waals surface area (Å²) in [5, 5.41) is 12.4. The lowest BCUT2D eigenvalue weighted by Crippen LogP contribution is -2.50. The first-order chi connectivity index (χ1) is 9.97. The van der Waals surface area contributed by atoms with E-state index >= 15 is 0 Å². The third-order valence-electron chi connectivity index (χ3n) is 3.24. The van der Waals surface area contributed by atoms with E-state index in [4.69, 9.17) is 22.1 Å². The van der Waals surface area contributed by atoms with E-state index in [1.54, 1.807) is 18.2 Å². The van der Waals surface area contributed by atoms with Crippen LogP contribution in [0.25, 0.3) is 0 Å². The van der Waals surface area contributed by atoms with Crippen molar-refractivity contribution < 1.29 is 14.6 Å². The number of nitrogens with one attached hydrogen (secondary N) is 1. The lowest BCUT2D eigenvalue weighted by Gasteiger charge is -2.35. The summed E-state index contributed by atoms with van der Waals surface area (Å²) in [5.41, 5.74) is 6.72. The van der Waals surface area contributed by atoms with Gasteiger partial charge in [0.25, 0.3) is 0 Å². The van der Waals surface area contributed by atoms with Crippen molar-refractivity contribution >= 4 is 28.9 Å². The van der Waals surface area contributed by atoms with Gasteiger partial charge in [-0.25, -0.2) is 0 Å². The molecule has 2 rings (SSSR count). The first kappa shape index (κ1) is 16.0. The average Bonchev–Trinajstić information content (AvgIpc) is 2.42. The van der Waals surface area contributed by atoms with E-state index in [9.17, 15) is 9.90 Å². The van der Waals surface area contributed by atoms with Crippen molar-refractivity contribution in [1.82, 2.24) is 4.90 Å². The number of nitrogens with zero attached hydrogens (tertiary/aromatic N) is 1. The molecule has 4 N–H and O–H groups in total. The summed E-state index contributed by atoms with van der Waals surface area (Å²) in [4.78, 5) is 14.0. The molecule has 1 amide bonds. The van der Waals surface area contributed by atoms with Crippen LogP contribution in [0.1, 0.15) is 6.92 Å². The zero-order chi connectivity index (χ0) is 15.4. The Kier molecular flexibility index (Phi) is 5.41. The summed E-state index contributed by atoms with van der Waals surface area (Å²) in [5.74, 6) is -0.173. The first-order valence-electron chi connectivity index (χ1n) is 6.81. The highest BCUT2D eigenvalue weighted by molar-refractivity contribution is 6.33. The van der Waals surface area contributed by atoms with Gasteiger partial charge in [0.1, 0.15) is 0 Å². The van der Waals surface area contributed by atoms with E-state index in [-0.39, 0.29) is 31.3 Å². The number of aliphatic hydroxyl groups excluding tert-OH is 1. The van der Waals surface area contributed by atoms with E-state index in [1.165, 1.54) is 0 Å². The molecule has 0 radical (unpaired) electrons. The molecule has 116 valence electrons. The van der Waals surface area contributed by atoms with Crippen LogP contribution in [0.2, 0.25) is 5.02 Å². The summed E-state index contributed by atoms with van der Waals surface area (Å²) in [6.07, 6.45) is -0.267. The number of hydrogen-bond acceptors (Lipinski definition) is 5. The predicted molar refractivity (Wildman–Crippen MR) is 82.4 cm³/mol. The second-order valence-electron chi connectivity index (χ2n) is 5.23. The lowest BCUT2D eigenvalue weighted by atomic mass is 10.2. The van der Waals surface area contributed by atoms with Gasteiger partial charge >= 0.3 is 0 Å². The molecule has 0 saturated carbocycles. The Hall–Kier alpha value is -1.34. The smallest absolute Gasteiger partial charge is 0.238 e. The van der Waals surface area contributed by atoms with Gasteiger partial charge in [-0.1, -0.05) is 11.6 Å². The molecule has 6 nitrogen and oxygen atoms in total. The molecule has 1 heterocycles. The molecular formula is C14H20ClN3O3. The van der Waals surface area contributed by atoms with Crippen LogP contribution in [0.3, 0.4) is 0 Å². The number of hydrogen-bond donors (Lipinski definition) is 3. The molecule has 0 aromatic heterocycles. The zero-order valence-corrected chi connectivity index (χ0v) is 12.6. The molecule has 7 heteroatoms. The number of halogens is 1. The van der Waals surface area contributed by atoms with Gasteiger partial charge in [-0.15, -0.1) is 0 Å². The van der Waals surface area contributed by atoms with E-state index in [1.807, 2.05) is 11.8 Å². The Balaban J connectivity index is 1.93. The van der Waals surface area contributed by atoms with Crippen LogP contribution in [0.4, 0.5) is 11.4 Å². The largest absolute Gasteiger partial charge is 0.399 e. The number of carbonyl (C=O) groups excluding carboxylic acids is 1. The molecule has 1 aromatic carbocycles. The van der Waals surface area contributed by atoms with Gasteiger partial charge in [0.15, 0.2) is 0 Å². The Morgan fingerprint density at radius 2 is 2.33 bits per heavy atom. The molecular weight excluding hydrogens is 294 g/mol. The van der Waals surface area contributed by atoms with Crippen molar-refractivity contribution in [2.24, 2.45) is 0 Å². The van der Waals surface area contributed by atoms with Crippen molar-refractivity contribution in [3.8, 4) is 0 Å². The summed E-state index contributed by atoms with van der Waals surface area (Å²) >= 11 is 6.01. The van der Waals surface area contributed by atoms with Crippen molar-refractivity contribution in [3.05, 3.63) is 23.2 Å². The summed E-state index contributed by atoms with van der Waals surface area (Å²) in [6, 6.07) is 4.94.